The van der Waals surface area contributed by atoms with Gasteiger partial charge in [0.1, 0.15) is 6.04 Å². The van der Waals surface area contributed by atoms with Crippen LogP contribution in [0.15, 0.2) is 40.9 Å². The molecular formula is C21H27N3O2S2. The molecule has 0 spiro atoms. The second kappa shape index (κ2) is 8.93. The van der Waals surface area contributed by atoms with Crippen LogP contribution >= 0.6 is 23.5 Å². The van der Waals surface area contributed by atoms with Gasteiger partial charge in [-0.05, 0) is 56.4 Å². The van der Waals surface area contributed by atoms with Crippen molar-refractivity contribution in [3.05, 3.63) is 36.0 Å². The highest BCUT2D eigenvalue weighted by molar-refractivity contribution is 8.02. The second-order valence-electron chi connectivity index (χ2n) is 7.52. The number of benzene rings is 1. The molecule has 2 fully saturated rings. The van der Waals surface area contributed by atoms with Gasteiger partial charge in [-0.15, -0.1) is 23.5 Å². The molecule has 0 bridgehead atoms. The number of carbonyl (C=O) groups is 1. The normalized spacial score (nSPS) is 18.9. The summed E-state index contributed by atoms with van der Waals surface area (Å²) in [6.07, 6.45) is 9.19. The van der Waals surface area contributed by atoms with Gasteiger partial charge < -0.3 is 10.1 Å². The van der Waals surface area contributed by atoms with E-state index in [9.17, 15) is 4.79 Å². The minimum Gasteiger partial charge on any atom is -0.381 e. The van der Waals surface area contributed by atoms with E-state index in [0.717, 1.165) is 48.6 Å². The van der Waals surface area contributed by atoms with E-state index in [-0.39, 0.29) is 11.9 Å². The Morgan fingerprint density at radius 1 is 1.36 bits per heavy atom. The van der Waals surface area contributed by atoms with Gasteiger partial charge in [-0.2, -0.15) is 5.10 Å². The summed E-state index contributed by atoms with van der Waals surface area (Å²) in [6, 6.07) is 5.98. The van der Waals surface area contributed by atoms with Crippen LogP contribution in [0.1, 0.15) is 38.1 Å². The Morgan fingerprint density at radius 2 is 2.14 bits per heavy atom. The van der Waals surface area contributed by atoms with Crippen LogP contribution in [0.2, 0.25) is 0 Å². The van der Waals surface area contributed by atoms with Crippen LogP contribution in [0, 0.1) is 5.92 Å². The largest absolute Gasteiger partial charge is 0.381 e. The van der Waals surface area contributed by atoms with Crippen molar-refractivity contribution in [3.63, 3.8) is 0 Å². The van der Waals surface area contributed by atoms with E-state index in [2.05, 4.69) is 35.2 Å². The van der Waals surface area contributed by atoms with Crippen LogP contribution in [-0.4, -0.2) is 40.4 Å². The van der Waals surface area contributed by atoms with E-state index in [1.807, 2.05) is 28.9 Å². The fourth-order valence-corrected chi connectivity index (χ4v) is 5.02. The van der Waals surface area contributed by atoms with Crippen LogP contribution in [-0.2, 0) is 9.53 Å². The number of nitrogens with one attached hydrogen (secondary N) is 1. The van der Waals surface area contributed by atoms with E-state index < -0.39 is 0 Å². The van der Waals surface area contributed by atoms with Gasteiger partial charge in [-0.3, -0.25) is 9.48 Å². The minimum atomic E-state index is -0.342. The lowest BCUT2D eigenvalue weighted by Gasteiger charge is -2.27. The molecule has 1 saturated carbocycles. The fraction of sp³-hybridized carbons (Fsp3) is 0.524. The molecule has 1 unspecified atom stereocenters. The molecule has 4 rings (SSSR count). The lowest BCUT2D eigenvalue weighted by molar-refractivity contribution is -0.124. The SMILES string of the molecule is C=C(NC(=O)C(CC1CCOCC1)n1ncc2c(SC3CC3)cccc21)SC. The van der Waals surface area contributed by atoms with E-state index in [1.54, 1.807) is 0 Å². The van der Waals surface area contributed by atoms with Crippen LogP contribution in [0.4, 0.5) is 0 Å². The molecule has 1 aromatic carbocycles. The van der Waals surface area contributed by atoms with Crippen molar-refractivity contribution in [2.45, 2.75) is 48.3 Å². The van der Waals surface area contributed by atoms with Crippen molar-refractivity contribution in [2.75, 3.05) is 19.5 Å². The molecule has 1 atom stereocenters. The van der Waals surface area contributed by atoms with Crippen molar-refractivity contribution < 1.29 is 9.53 Å². The molecule has 1 aliphatic carbocycles. The van der Waals surface area contributed by atoms with Gasteiger partial charge in [-0.25, -0.2) is 0 Å². The van der Waals surface area contributed by atoms with E-state index in [4.69, 9.17) is 4.74 Å². The van der Waals surface area contributed by atoms with Gasteiger partial charge in [0.25, 0.3) is 0 Å². The van der Waals surface area contributed by atoms with Gasteiger partial charge in [0, 0.05) is 28.7 Å². The molecule has 7 heteroatoms. The van der Waals surface area contributed by atoms with Gasteiger partial charge in [0.15, 0.2) is 0 Å². The molecule has 2 aromatic rings. The first-order chi connectivity index (χ1) is 13.7. The summed E-state index contributed by atoms with van der Waals surface area (Å²) >= 11 is 3.39. The number of hydrogen-bond acceptors (Lipinski definition) is 5. The van der Waals surface area contributed by atoms with Crippen molar-refractivity contribution >= 4 is 40.3 Å². The van der Waals surface area contributed by atoms with Gasteiger partial charge in [0.2, 0.25) is 5.91 Å². The van der Waals surface area contributed by atoms with Gasteiger partial charge in [-0.1, -0.05) is 12.6 Å². The summed E-state index contributed by atoms with van der Waals surface area (Å²) < 4.78 is 7.42. The number of hydrogen-bond donors (Lipinski definition) is 1. The molecule has 1 amide bonds. The molecule has 1 saturated heterocycles. The predicted molar refractivity (Wildman–Crippen MR) is 117 cm³/mol. The van der Waals surface area contributed by atoms with Crippen LogP contribution < -0.4 is 5.32 Å². The topological polar surface area (TPSA) is 56.1 Å². The van der Waals surface area contributed by atoms with Crippen molar-refractivity contribution in [3.8, 4) is 0 Å². The first kappa shape index (κ1) is 19.9. The molecule has 0 radical (unpaired) electrons. The summed E-state index contributed by atoms with van der Waals surface area (Å²) in [4.78, 5) is 14.4. The molecule has 28 heavy (non-hydrogen) atoms. The zero-order chi connectivity index (χ0) is 19.5. The highest BCUT2D eigenvalue weighted by atomic mass is 32.2. The molecular weight excluding hydrogens is 390 g/mol. The average Bonchev–Trinajstić information content (AvgIpc) is 3.43. The van der Waals surface area contributed by atoms with Crippen molar-refractivity contribution in [1.82, 2.24) is 15.1 Å². The Kier molecular flexibility index (Phi) is 6.33. The zero-order valence-corrected chi connectivity index (χ0v) is 17.9. The fourth-order valence-electron chi connectivity index (χ4n) is 3.65. The Morgan fingerprint density at radius 3 is 2.86 bits per heavy atom. The third kappa shape index (κ3) is 4.58. The first-order valence-corrected chi connectivity index (χ1v) is 12.0. The van der Waals surface area contributed by atoms with Crippen LogP contribution in [0.25, 0.3) is 10.9 Å². The zero-order valence-electron chi connectivity index (χ0n) is 16.2. The Hall–Kier alpha value is -1.44. The number of aromatic nitrogens is 2. The van der Waals surface area contributed by atoms with Crippen LogP contribution in [0.3, 0.4) is 0 Å². The summed E-state index contributed by atoms with van der Waals surface area (Å²) in [5, 5.41) is 10.2. The summed E-state index contributed by atoms with van der Waals surface area (Å²) in [7, 11) is 0. The number of rotatable bonds is 8. The Balaban J connectivity index is 1.64. The monoisotopic (exact) mass is 417 g/mol. The molecule has 2 aliphatic rings. The predicted octanol–water partition coefficient (Wildman–Crippen LogP) is 4.60. The smallest absolute Gasteiger partial charge is 0.249 e. The lowest BCUT2D eigenvalue weighted by atomic mass is 9.92. The summed E-state index contributed by atoms with van der Waals surface area (Å²) in [5.74, 6) is 0.436. The molecule has 1 N–H and O–H groups in total. The van der Waals surface area contributed by atoms with E-state index in [1.165, 1.54) is 29.5 Å². The Labute approximate surface area is 174 Å². The number of carbonyl (C=O) groups excluding carboxylic acids is 1. The number of thioether (sulfide) groups is 2. The molecule has 1 aliphatic heterocycles. The van der Waals surface area contributed by atoms with Crippen molar-refractivity contribution in [1.29, 1.82) is 0 Å². The van der Waals surface area contributed by atoms with Crippen molar-refractivity contribution in [2.24, 2.45) is 5.92 Å². The molecule has 1 aromatic heterocycles. The van der Waals surface area contributed by atoms with Gasteiger partial charge >= 0.3 is 0 Å². The van der Waals surface area contributed by atoms with Gasteiger partial charge in [0.05, 0.1) is 16.7 Å². The Bertz CT molecular complexity index is 856. The number of nitrogens with zero attached hydrogens (tertiary/aromatic N) is 2. The first-order valence-electron chi connectivity index (χ1n) is 9.90. The van der Waals surface area contributed by atoms with Crippen LogP contribution in [0.5, 0.6) is 0 Å². The summed E-state index contributed by atoms with van der Waals surface area (Å²) in [5.41, 5.74) is 1.03. The highest BCUT2D eigenvalue weighted by Gasteiger charge is 2.29. The highest BCUT2D eigenvalue weighted by Crippen LogP contribution is 2.42. The number of fused-ring (bicyclic) bond motifs is 1. The maximum absolute atomic E-state index is 13.1. The average molecular weight is 418 g/mol. The lowest BCUT2D eigenvalue weighted by Crippen LogP contribution is -2.34. The second-order valence-corrected chi connectivity index (χ2v) is 9.76. The summed E-state index contributed by atoms with van der Waals surface area (Å²) in [6.45, 7) is 5.47. The third-order valence-corrected chi connectivity index (χ3v) is 7.43. The van der Waals surface area contributed by atoms with E-state index in [0.29, 0.717) is 10.9 Å². The maximum Gasteiger partial charge on any atom is 0.249 e. The minimum absolute atomic E-state index is 0.0314. The number of ether oxygens (including phenoxy) is 1. The number of amides is 1. The third-order valence-electron chi connectivity index (χ3n) is 5.42. The quantitative estimate of drug-likeness (QED) is 0.680. The van der Waals surface area contributed by atoms with E-state index >= 15 is 0 Å². The molecule has 150 valence electrons. The molecule has 5 nitrogen and oxygen atoms in total. The maximum atomic E-state index is 13.1. The molecule has 2 heterocycles. The standard InChI is InChI=1S/C21H27N3O2S2/c1-14(27-2)23-21(25)19(12-15-8-10-26-11-9-15)24-18-4-3-5-20(17(18)13-22-24)28-16-6-7-16/h3-5,13,15-16,19H,1,6-12H2,2H3,(H,23,25).